The van der Waals surface area contributed by atoms with Gasteiger partial charge >= 0.3 is 5.97 Å². The number of carbonyl (C=O) groups is 1. The molecule has 0 aromatic heterocycles. The summed E-state index contributed by atoms with van der Waals surface area (Å²) in [5.41, 5.74) is 1.68. The minimum Gasteiger partial charge on any atom is -0.492 e. The van der Waals surface area contributed by atoms with Crippen LogP contribution in [0.3, 0.4) is 0 Å². The summed E-state index contributed by atoms with van der Waals surface area (Å²) in [6.07, 6.45) is 0.818. The molecule has 0 aliphatic heterocycles. The van der Waals surface area contributed by atoms with Crippen molar-refractivity contribution in [3.63, 3.8) is 0 Å². The van der Waals surface area contributed by atoms with Crippen molar-refractivity contribution >= 4 is 32.7 Å². The van der Waals surface area contributed by atoms with E-state index in [1.54, 1.807) is 24.3 Å². The number of rotatable bonds is 6. The minimum absolute atomic E-state index is 0.406. The van der Waals surface area contributed by atoms with Crippen molar-refractivity contribution in [3.8, 4) is 11.5 Å². The molecular weight excluding hydrogens is 428 g/mol. The maximum atomic E-state index is 12.5. The van der Waals surface area contributed by atoms with Crippen LogP contribution in [0.1, 0.15) is 15.9 Å². The Kier molecular flexibility index (Phi) is 5.92. The highest BCUT2D eigenvalue weighted by molar-refractivity contribution is 9.10. The zero-order valence-electron chi connectivity index (χ0n) is 15.7. The van der Waals surface area contributed by atoms with Crippen LogP contribution in [0.15, 0.2) is 95.5 Å². The first-order valence-electron chi connectivity index (χ1n) is 9.36. The third-order valence-corrected chi connectivity index (χ3v) is 5.21. The zero-order chi connectivity index (χ0) is 20.1. The van der Waals surface area contributed by atoms with E-state index in [1.807, 2.05) is 54.6 Å². The van der Waals surface area contributed by atoms with Gasteiger partial charge in [0.2, 0.25) is 0 Å². The summed E-state index contributed by atoms with van der Waals surface area (Å²) in [7, 11) is 0. The van der Waals surface area contributed by atoms with Gasteiger partial charge in [-0.3, -0.25) is 0 Å². The fourth-order valence-electron chi connectivity index (χ4n) is 3.07. The normalized spacial score (nSPS) is 10.7. The second-order valence-electron chi connectivity index (χ2n) is 6.63. The van der Waals surface area contributed by atoms with Gasteiger partial charge in [0.1, 0.15) is 11.5 Å². The van der Waals surface area contributed by atoms with Gasteiger partial charge in [0.25, 0.3) is 0 Å². The fourth-order valence-corrected chi connectivity index (χ4v) is 3.56. The summed E-state index contributed by atoms with van der Waals surface area (Å²) >= 11 is 3.49. The van der Waals surface area contributed by atoms with E-state index >= 15 is 0 Å². The highest BCUT2D eigenvalue weighted by atomic mass is 79.9. The van der Waals surface area contributed by atoms with E-state index in [0.29, 0.717) is 23.7 Å². The van der Waals surface area contributed by atoms with Gasteiger partial charge in [-0.15, -0.1) is 0 Å². The lowest BCUT2D eigenvalue weighted by atomic mass is 10.1. The van der Waals surface area contributed by atoms with Crippen LogP contribution in [0, 0.1) is 0 Å². The smallest absolute Gasteiger partial charge is 0.343 e. The minimum atomic E-state index is -0.406. The number of fused-ring (bicyclic) bond motifs is 1. The van der Waals surface area contributed by atoms with Gasteiger partial charge in [-0.2, -0.15) is 0 Å². The Morgan fingerprint density at radius 1 is 0.793 bits per heavy atom. The molecule has 0 aliphatic rings. The molecule has 0 fully saturated rings. The number of hydrogen-bond donors (Lipinski definition) is 0. The van der Waals surface area contributed by atoms with E-state index < -0.39 is 5.97 Å². The predicted molar refractivity (Wildman–Crippen MR) is 119 cm³/mol. The molecule has 0 amide bonds. The molecule has 4 aromatic rings. The average Bonchev–Trinajstić information content (AvgIpc) is 2.75. The van der Waals surface area contributed by atoms with Crippen LogP contribution in [-0.4, -0.2) is 12.6 Å². The van der Waals surface area contributed by atoms with Gasteiger partial charge in [-0.05, 0) is 62.6 Å². The number of benzene rings is 4. The van der Waals surface area contributed by atoms with Crippen LogP contribution < -0.4 is 9.47 Å². The van der Waals surface area contributed by atoms with Crippen LogP contribution in [-0.2, 0) is 6.42 Å². The highest BCUT2D eigenvalue weighted by Gasteiger charge is 2.12. The molecule has 144 valence electrons. The largest absolute Gasteiger partial charge is 0.492 e. The van der Waals surface area contributed by atoms with Gasteiger partial charge in [0.15, 0.2) is 0 Å². The molecule has 0 spiro atoms. The first-order valence-corrected chi connectivity index (χ1v) is 10.2. The molecule has 0 saturated heterocycles. The van der Waals surface area contributed by atoms with E-state index in [0.717, 1.165) is 21.7 Å². The Bertz CT molecular complexity index is 1140. The number of halogens is 1. The van der Waals surface area contributed by atoms with E-state index in [2.05, 4.69) is 28.1 Å². The fraction of sp³-hybridized carbons (Fsp3) is 0.0800. The van der Waals surface area contributed by atoms with Gasteiger partial charge < -0.3 is 9.47 Å². The summed E-state index contributed by atoms with van der Waals surface area (Å²) in [6, 6.07) is 29.0. The van der Waals surface area contributed by atoms with E-state index in [9.17, 15) is 4.79 Å². The first-order chi connectivity index (χ1) is 14.2. The molecule has 0 N–H and O–H groups in total. The zero-order valence-corrected chi connectivity index (χ0v) is 17.3. The quantitative estimate of drug-likeness (QED) is 0.252. The summed E-state index contributed by atoms with van der Waals surface area (Å²) in [5.74, 6) is 0.813. The van der Waals surface area contributed by atoms with Crippen molar-refractivity contribution in [1.29, 1.82) is 0 Å². The van der Waals surface area contributed by atoms with Gasteiger partial charge in [-0.25, -0.2) is 4.79 Å². The van der Waals surface area contributed by atoms with Crippen molar-refractivity contribution in [3.05, 3.63) is 107 Å². The molecule has 0 aliphatic carbocycles. The molecule has 29 heavy (non-hydrogen) atoms. The molecule has 3 nitrogen and oxygen atoms in total. The van der Waals surface area contributed by atoms with Crippen LogP contribution in [0.5, 0.6) is 11.5 Å². The van der Waals surface area contributed by atoms with Crippen LogP contribution in [0.2, 0.25) is 0 Å². The number of hydrogen-bond acceptors (Lipinski definition) is 3. The van der Waals surface area contributed by atoms with E-state index in [-0.39, 0.29) is 0 Å². The lowest BCUT2D eigenvalue weighted by molar-refractivity contribution is 0.0735. The lowest BCUT2D eigenvalue weighted by Gasteiger charge is -2.10. The Morgan fingerprint density at radius 3 is 2.34 bits per heavy atom. The van der Waals surface area contributed by atoms with Crippen molar-refractivity contribution in [2.75, 3.05) is 6.61 Å². The van der Waals surface area contributed by atoms with Crippen molar-refractivity contribution in [2.24, 2.45) is 0 Å². The molecule has 0 bridgehead atoms. The van der Waals surface area contributed by atoms with Gasteiger partial charge in [0, 0.05) is 6.42 Å². The van der Waals surface area contributed by atoms with Crippen molar-refractivity contribution in [1.82, 2.24) is 0 Å². The molecular formula is C25H19BrO3. The van der Waals surface area contributed by atoms with E-state index in [4.69, 9.17) is 9.47 Å². The molecule has 0 heterocycles. The third kappa shape index (κ3) is 4.84. The maximum Gasteiger partial charge on any atom is 0.343 e. The average molecular weight is 447 g/mol. The molecule has 4 heteroatoms. The first kappa shape index (κ1) is 19.2. The second-order valence-corrected chi connectivity index (χ2v) is 7.48. The van der Waals surface area contributed by atoms with Crippen molar-refractivity contribution in [2.45, 2.75) is 6.42 Å². The monoisotopic (exact) mass is 446 g/mol. The standard InChI is InChI=1S/C25H19BrO3/c26-23-17-21(11-13-24(23)28-15-14-18-6-2-1-3-7-18)25(27)29-22-12-10-19-8-4-5-9-20(19)16-22/h1-13,16-17H,14-15H2. The lowest BCUT2D eigenvalue weighted by Crippen LogP contribution is -2.09. The van der Waals surface area contributed by atoms with Crippen LogP contribution in [0.25, 0.3) is 10.8 Å². The third-order valence-electron chi connectivity index (χ3n) is 4.59. The number of carbonyl (C=O) groups excluding carboxylic acids is 1. The molecule has 4 aromatic carbocycles. The molecule has 4 rings (SSSR count). The van der Waals surface area contributed by atoms with E-state index in [1.165, 1.54) is 5.56 Å². The summed E-state index contributed by atoms with van der Waals surface area (Å²) < 4.78 is 12.1. The maximum absolute atomic E-state index is 12.5. The predicted octanol–water partition coefficient (Wildman–Crippen LogP) is 6.44. The van der Waals surface area contributed by atoms with Gasteiger partial charge in [0.05, 0.1) is 16.6 Å². The molecule has 0 unspecified atom stereocenters. The molecule has 0 saturated carbocycles. The molecule has 0 atom stereocenters. The Balaban J connectivity index is 1.40. The Labute approximate surface area is 178 Å². The topological polar surface area (TPSA) is 35.5 Å². The number of esters is 1. The SMILES string of the molecule is O=C(Oc1ccc2ccccc2c1)c1ccc(OCCc2ccccc2)c(Br)c1. The summed E-state index contributed by atoms with van der Waals surface area (Å²) in [4.78, 5) is 12.5. The second kappa shape index (κ2) is 8.93. The Hall–Kier alpha value is -3.11. The number of ether oxygens (including phenoxy) is 2. The summed E-state index contributed by atoms with van der Waals surface area (Å²) in [6.45, 7) is 0.559. The van der Waals surface area contributed by atoms with Crippen molar-refractivity contribution < 1.29 is 14.3 Å². The highest BCUT2D eigenvalue weighted by Crippen LogP contribution is 2.27. The Morgan fingerprint density at radius 2 is 1.55 bits per heavy atom. The summed E-state index contributed by atoms with van der Waals surface area (Å²) in [5, 5.41) is 2.13. The van der Waals surface area contributed by atoms with Crippen LogP contribution in [0.4, 0.5) is 0 Å². The van der Waals surface area contributed by atoms with Crippen LogP contribution >= 0.6 is 15.9 Å². The van der Waals surface area contributed by atoms with Gasteiger partial charge in [-0.1, -0.05) is 60.7 Å². The molecule has 0 radical (unpaired) electrons.